The van der Waals surface area contributed by atoms with Crippen molar-refractivity contribution in [2.24, 2.45) is 0 Å². The van der Waals surface area contributed by atoms with Crippen LogP contribution in [0.4, 0.5) is 0 Å². The van der Waals surface area contributed by atoms with Gasteiger partial charge in [0.1, 0.15) is 12.7 Å². The van der Waals surface area contributed by atoms with E-state index in [9.17, 15) is 14.7 Å². The maximum Gasteiger partial charge on any atom is 0.305 e. The fourth-order valence-electron chi connectivity index (χ4n) is 3.69. The molecule has 0 aromatic heterocycles. The Kier molecular flexibility index (Phi) is 24.2. The number of aliphatic hydroxyl groups excluding tert-OH is 1. The molecule has 0 rings (SSSR count). The molecular weight excluding hydrogens is 414 g/mol. The smallest absolute Gasteiger partial charge is 0.305 e. The van der Waals surface area contributed by atoms with Gasteiger partial charge in [0.15, 0.2) is 0 Å². The molecule has 0 fully saturated rings. The van der Waals surface area contributed by atoms with Crippen molar-refractivity contribution < 1.29 is 19.4 Å². The third kappa shape index (κ3) is 25.1. The molecule has 0 aliphatic rings. The minimum absolute atomic E-state index is 0.0431. The Labute approximate surface area is 204 Å². The van der Waals surface area contributed by atoms with Gasteiger partial charge in [0, 0.05) is 19.4 Å². The summed E-state index contributed by atoms with van der Waals surface area (Å²) >= 11 is 0. The highest BCUT2D eigenvalue weighted by atomic mass is 16.5. The third-order valence-electron chi connectivity index (χ3n) is 5.87. The van der Waals surface area contributed by atoms with Crippen LogP contribution in [-0.2, 0) is 14.3 Å². The first-order valence-corrected chi connectivity index (χ1v) is 13.9. The average Bonchev–Trinajstić information content (AvgIpc) is 2.81. The zero-order chi connectivity index (χ0) is 24.4. The first-order valence-electron chi connectivity index (χ1n) is 13.9. The van der Waals surface area contributed by atoms with Crippen molar-refractivity contribution in [3.63, 3.8) is 0 Å². The monoisotopic (exact) mass is 467 g/mol. The van der Waals surface area contributed by atoms with Gasteiger partial charge in [-0.25, -0.2) is 0 Å². The van der Waals surface area contributed by atoms with Gasteiger partial charge in [-0.15, -0.1) is 0 Å². The fraction of sp³-hybridized carbons (Fsp3) is 0.857. The van der Waals surface area contributed by atoms with Crippen molar-refractivity contribution in [1.29, 1.82) is 0 Å². The lowest BCUT2D eigenvalue weighted by molar-refractivity contribution is -0.146. The number of carbonyl (C=O) groups excluding carboxylic acids is 2. The molecule has 0 saturated carbocycles. The molecule has 33 heavy (non-hydrogen) atoms. The normalized spacial score (nSPS) is 12.2. The highest BCUT2D eigenvalue weighted by Gasteiger charge is 2.10. The SMILES string of the molecule is CCCCC/C=C\CCCCCCCC(=O)NCC(O)COC(=O)CCCCCCCCC. The lowest BCUT2D eigenvalue weighted by Crippen LogP contribution is -2.35. The van der Waals surface area contributed by atoms with Crippen molar-refractivity contribution in [3.8, 4) is 0 Å². The third-order valence-corrected chi connectivity index (χ3v) is 5.87. The largest absolute Gasteiger partial charge is 0.463 e. The number of nitrogens with one attached hydrogen (secondary N) is 1. The molecule has 1 unspecified atom stereocenters. The van der Waals surface area contributed by atoms with Crippen molar-refractivity contribution >= 4 is 11.9 Å². The summed E-state index contributed by atoms with van der Waals surface area (Å²) in [7, 11) is 0. The van der Waals surface area contributed by atoms with E-state index >= 15 is 0 Å². The predicted molar refractivity (Wildman–Crippen MR) is 138 cm³/mol. The van der Waals surface area contributed by atoms with Crippen LogP contribution in [0.15, 0.2) is 12.2 Å². The minimum atomic E-state index is -0.845. The Morgan fingerprint density at radius 2 is 1.21 bits per heavy atom. The molecule has 5 heteroatoms. The first-order chi connectivity index (χ1) is 16.1. The number of unbranched alkanes of at least 4 members (excludes halogenated alkanes) is 14. The van der Waals surface area contributed by atoms with Gasteiger partial charge in [0.25, 0.3) is 0 Å². The summed E-state index contributed by atoms with van der Waals surface area (Å²) in [5.41, 5.74) is 0. The summed E-state index contributed by atoms with van der Waals surface area (Å²) in [6.07, 6.45) is 24.6. The molecule has 0 spiro atoms. The Balaban J connectivity index is 3.47. The highest BCUT2D eigenvalue weighted by Crippen LogP contribution is 2.10. The van der Waals surface area contributed by atoms with Gasteiger partial charge in [0.05, 0.1) is 0 Å². The maximum absolute atomic E-state index is 11.9. The Morgan fingerprint density at radius 3 is 1.85 bits per heavy atom. The highest BCUT2D eigenvalue weighted by molar-refractivity contribution is 5.75. The molecule has 0 aromatic carbocycles. The second-order valence-electron chi connectivity index (χ2n) is 9.29. The molecule has 0 aromatic rings. The quantitative estimate of drug-likeness (QED) is 0.0909. The Hall–Kier alpha value is -1.36. The molecule has 0 aliphatic heterocycles. The molecule has 5 nitrogen and oxygen atoms in total. The van der Waals surface area contributed by atoms with Crippen molar-refractivity contribution in [2.45, 2.75) is 142 Å². The van der Waals surface area contributed by atoms with Crippen LogP contribution in [-0.4, -0.2) is 36.2 Å². The molecule has 0 bridgehead atoms. The van der Waals surface area contributed by atoms with Crippen LogP contribution >= 0.6 is 0 Å². The molecular formula is C28H53NO4. The predicted octanol–water partition coefficient (Wildman–Crippen LogP) is 7.01. The van der Waals surface area contributed by atoms with E-state index < -0.39 is 6.10 Å². The van der Waals surface area contributed by atoms with Gasteiger partial charge in [-0.2, -0.15) is 0 Å². The zero-order valence-electron chi connectivity index (χ0n) is 21.8. The van der Waals surface area contributed by atoms with Gasteiger partial charge in [-0.1, -0.05) is 96.6 Å². The summed E-state index contributed by atoms with van der Waals surface area (Å²) in [6.45, 7) is 4.51. The van der Waals surface area contributed by atoms with E-state index in [1.807, 2.05) is 0 Å². The van der Waals surface area contributed by atoms with Crippen LogP contribution in [0.25, 0.3) is 0 Å². The maximum atomic E-state index is 11.9. The number of esters is 1. The average molecular weight is 468 g/mol. The van der Waals surface area contributed by atoms with Gasteiger partial charge >= 0.3 is 5.97 Å². The topological polar surface area (TPSA) is 75.6 Å². The number of aliphatic hydroxyl groups is 1. The van der Waals surface area contributed by atoms with Crippen molar-refractivity contribution in [3.05, 3.63) is 12.2 Å². The standard InChI is InChI=1S/C28H53NO4/c1-3-5-7-9-11-12-13-14-15-17-18-20-22-27(31)29-24-26(30)25-33-28(32)23-21-19-16-10-8-6-4-2/h11-12,26,30H,3-10,13-25H2,1-2H3,(H,29,31)/b12-11-. The van der Waals surface area contributed by atoms with Crippen LogP contribution < -0.4 is 5.32 Å². The number of amides is 1. The van der Waals surface area contributed by atoms with E-state index in [0.29, 0.717) is 12.8 Å². The van der Waals surface area contributed by atoms with Gasteiger partial charge in [-0.05, 0) is 38.5 Å². The number of hydrogen-bond donors (Lipinski definition) is 2. The van der Waals surface area contributed by atoms with E-state index in [2.05, 4.69) is 31.3 Å². The number of rotatable bonds is 24. The summed E-state index contributed by atoms with van der Waals surface area (Å²) in [6, 6.07) is 0. The molecule has 0 saturated heterocycles. The number of hydrogen-bond acceptors (Lipinski definition) is 4. The number of ether oxygens (including phenoxy) is 1. The van der Waals surface area contributed by atoms with Gasteiger partial charge < -0.3 is 15.2 Å². The lowest BCUT2D eigenvalue weighted by atomic mass is 10.1. The van der Waals surface area contributed by atoms with E-state index in [1.165, 1.54) is 70.6 Å². The molecule has 2 N–H and O–H groups in total. The van der Waals surface area contributed by atoms with E-state index in [1.54, 1.807) is 0 Å². The minimum Gasteiger partial charge on any atom is -0.463 e. The van der Waals surface area contributed by atoms with Crippen LogP contribution in [0.5, 0.6) is 0 Å². The van der Waals surface area contributed by atoms with Crippen LogP contribution in [0, 0.1) is 0 Å². The van der Waals surface area contributed by atoms with Crippen molar-refractivity contribution in [2.75, 3.05) is 13.2 Å². The van der Waals surface area contributed by atoms with E-state index in [-0.39, 0.29) is 25.0 Å². The van der Waals surface area contributed by atoms with Crippen LogP contribution in [0.2, 0.25) is 0 Å². The fourth-order valence-corrected chi connectivity index (χ4v) is 3.69. The second-order valence-corrected chi connectivity index (χ2v) is 9.29. The van der Waals surface area contributed by atoms with Crippen LogP contribution in [0.1, 0.15) is 136 Å². The molecule has 1 amide bonds. The van der Waals surface area contributed by atoms with Crippen molar-refractivity contribution in [1.82, 2.24) is 5.32 Å². The van der Waals surface area contributed by atoms with Crippen LogP contribution in [0.3, 0.4) is 0 Å². The molecule has 0 aliphatic carbocycles. The van der Waals surface area contributed by atoms with E-state index in [0.717, 1.165) is 38.5 Å². The molecule has 0 radical (unpaired) electrons. The number of carbonyl (C=O) groups is 2. The summed E-state index contributed by atoms with van der Waals surface area (Å²) in [5, 5.41) is 12.6. The summed E-state index contributed by atoms with van der Waals surface area (Å²) in [4.78, 5) is 23.6. The van der Waals surface area contributed by atoms with Gasteiger partial charge in [-0.3, -0.25) is 9.59 Å². The Morgan fingerprint density at radius 1 is 0.727 bits per heavy atom. The van der Waals surface area contributed by atoms with E-state index in [4.69, 9.17) is 4.74 Å². The summed E-state index contributed by atoms with van der Waals surface area (Å²) in [5.74, 6) is -0.306. The summed E-state index contributed by atoms with van der Waals surface area (Å²) < 4.78 is 5.11. The molecule has 0 heterocycles. The second kappa shape index (κ2) is 25.3. The first kappa shape index (κ1) is 31.6. The zero-order valence-corrected chi connectivity index (χ0v) is 21.8. The number of allylic oxidation sites excluding steroid dienone is 2. The Bertz CT molecular complexity index is 479. The van der Waals surface area contributed by atoms with Gasteiger partial charge in [0.2, 0.25) is 5.91 Å². The molecule has 1 atom stereocenters. The lowest BCUT2D eigenvalue weighted by Gasteiger charge is -2.12. The molecule has 194 valence electrons.